The second-order valence-electron chi connectivity index (χ2n) is 5.02. The summed E-state index contributed by atoms with van der Waals surface area (Å²) in [6, 6.07) is 0. The second kappa shape index (κ2) is 5.72. The van der Waals surface area contributed by atoms with Crippen LogP contribution in [0.1, 0.15) is 40.0 Å². The van der Waals surface area contributed by atoms with Crippen molar-refractivity contribution in [1.82, 2.24) is 0 Å². The molecule has 0 radical (unpaired) electrons. The van der Waals surface area contributed by atoms with Crippen LogP contribution in [0, 0.1) is 17.8 Å². The highest BCUT2D eigenvalue weighted by molar-refractivity contribution is 4.81. The molecule has 14 heavy (non-hydrogen) atoms. The van der Waals surface area contributed by atoms with Crippen molar-refractivity contribution in [1.29, 1.82) is 0 Å². The largest absolute Gasteiger partial charge is 0.377 e. The average Bonchev–Trinajstić information content (AvgIpc) is 2.14. The molecule has 2 N–H and O–H groups in total. The van der Waals surface area contributed by atoms with Crippen molar-refractivity contribution < 1.29 is 4.74 Å². The molecule has 0 aromatic rings. The van der Waals surface area contributed by atoms with Gasteiger partial charge in [0.15, 0.2) is 0 Å². The first-order valence-electron chi connectivity index (χ1n) is 5.96. The predicted octanol–water partition coefficient (Wildman–Crippen LogP) is 2.42. The van der Waals surface area contributed by atoms with E-state index in [-0.39, 0.29) is 0 Å². The Kier molecular flexibility index (Phi) is 4.90. The highest BCUT2D eigenvalue weighted by Gasteiger charge is 2.30. The summed E-state index contributed by atoms with van der Waals surface area (Å²) >= 11 is 0. The topological polar surface area (TPSA) is 35.2 Å². The van der Waals surface area contributed by atoms with E-state index in [2.05, 4.69) is 20.8 Å². The molecule has 1 saturated carbocycles. The fourth-order valence-electron chi connectivity index (χ4n) is 2.53. The SMILES string of the molecule is CC1CCC(C(C)C)C(OCCN)C1. The van der Waals surface area contributed by atoms with Gasteiger partial charge in [-0.05, 0) is 30.6 Å². The van der Waals surface area contributed by atoms with Gasteiger partial charge >= 0.3 is 0 Å². The summed E-state index contributed by atoms with van der Waals surface area (Å²) in [5.74, 6) is 2.32. The Hall–Kier alpha value is -0.0800. The van der Waals surface area contributed by atoms with E-state index in [1.807, 2.05) is 0 Å². The maximum absolute atomic E-state index is 5.85. The molecule has 0 saturated heterocycles. The minimum absolute atomic E-state index is 0.460. The van der Waals surface area contributed by atoms with Gasteiger partial charge in [0.05, 0.1) is 12.7 Å². The molecule has 0 aromatic heterocycles. The number of ether oxygens (including phenoxy) is 1. The molecular weight excluding hydrogens is 174 g/mol. The van der Waals surface area contributed by atoms with Gasteiger partial charge in [0, 0.05) is 6.54 Å². The van der Waals surface area contributed by atoms with Gasteiger partial charge in [-0.1, -0.05) is 27.2 Å². The summed E-state index contributed by atoms with van der Waals surface area (Å²) in [6.45, 7) is 8.31. The van der Waals surface area contributed by atoms with Crippen molar-refractivity contribution >= 4 is 0 Å². The monoisotopic (exact) mass is 199 g/mol. The lowest BCUT2D eigenvalue weighted by Crippen LogP contribution is -2.35. The Morgan fingerprint density at radius 2 is 2.07 bits per heavy atom. The summed E-state index contributed by atoms with van der Waals surface area (Å²) < 4.78 is 5.85. The van der Waals surface area contributed by atoms with Gasteiger partial charge in [-0.3, -0.25) is 0 Å². The molecule has 0 amide bonds. The summed E-state index contributed by atoms with van der Waals surface area (Å²) in [7, 11) is 0. The van der Waals surface area contributed by atoms with Crippen LogP contribution < -0.4 is 5.73 Å². The van der Waals surface area contributed by atoms with Gasteiger partial charge in [-0.2, -0.15) is 0 Å². The molecule has 1 aliphatic rings. The van der Waals surface area contributed by atoms with E-state index in [0.717, 1.165) is 24.4 Å². The molecule has 3 unspecified atom stereocenters. The molecule has 1 aliphatic carbocycles. The van der Waals surface area contributed by atoms with Crippen LogP contribution in [0.25, 0.3) is 0 Å². The number of hydrogen-bond donors (Lipinski definition) is 1. The molecule has 0 aliphatic heterocycles. The zero-order valence-electron chi connectivity index (χ0n) is 9.83. The highest BCUT2D eigenvalue weighted by atomic mass is 16.5. The van der Waals surface area contributed by atoms with Gasteiger partial charge in [0.1, 0.15) is 0 Å². The van der Waals surface area contributed by atoms with E-state index in [0.29, 0.717) is 12.6 Å². The Labute approximate surface area is 88.2 Å². The van der Waals surface area contributed by atoms with Crippen LogP contribution in [0.15, 0.2) is 0 Å². The van der Waals surface area contributed by atoms with Crippen molar-refractivity contribution in [2.45, 2.75) is 46.1 Å². The molecule has 0 spiro atoms. The number of nitrogens with two attached hydrogens (primary N) is 1. The first kappa shape index (κ1) is 12.0. The third kappa shape index (κ3) is 3.25. The zero-order chi connectivity index (χ0) is 10.6. The van der Waals surface area contributed by atoms with Crippen LogP contribution in [-0.2, 0) is 4.74 Å². The molecule has 84 valence electrons. The molecular formula is C12H25NO. The van der Waals surface area contributed by atoms with Crippen LogP contribution in [0.2, 0.25) is 0 Å². The summed E-state index contributed by atoms with van der Waals surface area (Å²) in [5.41, 5.74) is 5.48. The minimum atomic E-state index is 0.460. The lowest BCUT2D eigenvalue weighted by Gasteiger charge is -2.37. The lowest BCUT2D eigenvalue weighted by atomic mass is 9.75. The zero-order valence-corrected chi connectivity index (χ0v) is 9.83. The fraction of sp³-hybridized carbons (Fsp3) is 1.00. The molecule has 3 atom stereocenters. The van der Waals surface area contributed by atoms with Crippen molar-refractivity contribution in [2.75, 3.05) is 13.2 Å². The minimum Gasteiger partial charge on any atom is -0.377 e. The van der Waals surface area contributed by atoms with E-state index in [9.17, 15) is 0 Å². The third-order valence-corrected chi connectivity index (χ3v) is 3.41. The van der Waals surface area contributed by atoms with E-state index < -0.39 is 0 Å². The van der Waals surface area contributed by atoms with Crippen molar-refractivity contribution in [2.24, 2.45) is 23.5 Å². The molecule has 1 rings (SSSR count). The standard InChI is InChI=1S/C12H25NO/c1-9(2)11-5-4-10(3)8-12(11)14-7-6-13/h9-12H,4-8,13H2,1-3H3. The quantitative estimate of drug-likeness (QED) is 0.754. The summed E-state index contributed by atoms with van der Waals surface area (Å²) in [4.78, 5) is 0. The summed E-state index contributed by atoms with van der Waals surface area (Å²) in [5, 5.41) is 0. The number of rotatable bonds is 4. The molecule has 1 fully saturated rings. The molecule has 2 nitrogen and oxygen atoms in total. The second-order valence-corrected chi connectivity index (χ2v) is 5.02. The molecule has 0 aromatic carbocycles. The Morgan fingerprint density at radius 3 is 2.64 bits per heavy atom. The fourth-order valence-corrected chi connectivity index (χ4v) is 2.53. The number of hydrogen-bond acceptors (Lipinski definition) is 2. The predicted molar refractivity (Wildman–Crippen MR) is 60.1 cm³/mol. The van der Waals surface area contributed by atoms with Crippen LogP contribution in [0.3, 0.4) is 0 Å². The first-order chi connectivity index (χ1) is 6.65. The average molecular weight is 199 g/mol. The normalized spacial score (nSPS) is 33.6. The van der Waals surface area contributed by atoms with Gasteiger partial charge in [-0.15, -0.1) is 0 Å². The maximum Gasteiger partial charge on any atom is 0.0608 e. The van der Waals surface area contributed by atoms with Crippen LogP contribution in [0.5, 0.6) is 0 Å². The summed E-state index contributed by atoms with van der Waals surface area (Å²) in [6.07, 6.45) is 4.38. The van der Waals surface area contributed by atoms with E-state index in [1.165, 1.54) is 19.3 Å². The highest BCUT2D eigenvalue weighted by Crippen LogP contribution is 2.35. The maximum atomic E-state index is 5.85. The van der Waals surface area contributed by atoms with Gasteiger partial charge < -0.3 is 10.5 Å². The van der Waals surface area contributed by atoms with Crippen molar-refractivity contribution in [3.05, 3.63) is 0 Å². The third-order valence-electron chi connectivity index (χ3n) is 3.41. The van der Waals surface area contributed by atoms with E-state index in [1.54, 1.807) is 0 Å². The Balaban J connectivity index is 2.45. The Bertz CT molecular complexity index is 158. The van der Waals surface area contributed by atoms with E-state index in [4.69, 9.17) is 10.5 Å². The van der Waals surface area contributed by atoms with Crippen molar-refractivity contribution in [3.63, 3.8) is 0 Å². The molecule has 0 heterocycles. The van der Waals surface area contributed by atoms with Crippen LogP contribution in [0.4, 0.5) is 0 Å². The molecule has 0 bridgehead atoms. The molecule has 2 heteroatoms. The van der Waals surface area contributed by atoms with Crippen LogP contribution in [-0.4, -0.2) is 19.3 Å². The van der Waals surface area contributed by atoms with Gasteiger partial charge in [-0.25, -0.2) is 0 Å². The van der Waals surface area contributed by atoms with Crippen molar-refractivity contribution in [3.8, 4) is 0 Å². The smallest absolute Gasteiger partial charge is 0.0608 e. The van der Waals surface area contributed by atoms with Gasteiger partial charge in [0.25, 0.3) is 0 Å². The van der Waals surface area contributed by atoms with Gasteiger partial charge in [0.2, 0.25) is 0 Å². The Morgan fingerprint density at radius 1 is 1.36 bits per heavy atom. The lowest BCUT2D eigenvalue weighted by molar-refractivity contribution is -0.0349. The first-order valence-corrected chi connectivity index (χ1v) is 5.96. The van der Waals surface area contributed by atoms with Crippen LogP contribution >= 0.6 is 0 Å². The van der Waals surface area contributed by atoms with E-state index >= 15 is 0 Å².